The Morgan fingerprint density at radius 3 is 2.30 bits per heavy atom. The van der Waals surface area contributed by atoms with Gasteiger partial charge in [0.1, 0.15) is 5.75 Å². The van der Waals surface area contributed by atoms with E-state index in [1.165, 1.54) is 16.2 Å². The first-order chi connectivity index (χ1) is 16.0. The minimum Gasteiger partial charge on any atom is -0.497 e. The fourth-order valence-corrected chi connectivity index (χ4v) is 4.29. The van der Waals surface area contributed by atoms with E-state index in [0.29, 0.717) is 34.0 Å². The lowest BCUT2D eigenvalue weighted by Gasteiger charge is -2.12. The molecule has 9 heteroatoms. The Bertz CT molecular complexity index is 1180. The number of anilines is 1. The van der Waals surface area contributed by atoms with Crippen molar-refractivity contribution in [2.45, 2.75) is 19.3 Å². The zero-order valence-electron chi connectivity index (χ0n) is 17.9. The van der Waals surface area contributed by atoms with Crippen LogP contribution in [0.25, 0.3) is 0 Å². The second-order valence-electron chi connectivity index (χ2n) is 7.39. The molecule has 0 radical (unpaired) electrons. The zero-order valence-corrected chi connectivity index (χ0v) is 18.7. The second-order valence-corrected chi connectivity index (χ2v) is 8.50. The number of Topliss-reactive ketones (excluding diaryl/α,β-unsaturated/α-hetero) is 1. The van der Waals surface area contributed by atoms with Crippen molar-refractivity contribution < 1.29 is 23.9 Å². The molecular formula is C24H21N3O5S. The van der Waals surface area contributed by atoms with Gasteiger partial charge in [-0.05, 0) is 36.4 Å². The maximum Gasteiger partial charge on any atom is 0.261 e. The molecule has 168 valence electrons. The Hall–Kier alpha value is -3.85. The van der Waals surface area contributed by atoms with Crippen molar-refractivity contribution in [2.24, 2.45) is 0 Å². The molecule has 1 aliphatic rings. The number of thiazole rings is 1. The van der Waals surface area contributed by atoms with Gasteiger partial charge in [-0.15, -0.1) is 11.3 Å². The lowest BCUT2D eigenvalue weighted by molar-refractivity contribution is -0.116. The number of rotatable bonds is 9. The Labute approximate surface area is 194 Å². The molecule has 33 heavy (non-hydrogen) atoms. The van der Waals surface area contributed by atoms with Gasteiger partial charge in [-0.1, -0.05) is 12.1 Å². The standard InChI is InChI=1S/C24H21N3O5S/c1-32-16-8-6-15(7-9-16)20(28)10-11-21(29)26-24-25-14-17(33-24)12-13-27-22(30)18-4-2-3-5-19(18)23(27)31/h2-9,14H,10-13H2,1H3,(H,25,26,29). The lowest BCUT2D eigenvalue weighted by Crippen LogP contribution is -2.31. The molecule has 1 aliphatic heterocycles. The number of hydrogen-bond acceptors (Lipinski definition) is 7. The van der Waals surface area contributed by atoms with Gasteiger partial charge in [0, 0.05) is 42.4 Å². The van der Waals surface area contributed by atoms with E-state index < -0.39 is 0 Å². The van der Waals surface area contributed by atoms with Crippen molar-refractivity contribution >= 4 is 40.0 Å². The molecule has 0 fully saturated rings. The normalized spacial score (nSPS) is 12.6. The highest BCUT2D eigenvalue weighted by molar-refractivity contribution is 7.15. The first-order valence-electron chi connectivity index (χ1n) is 10.3. The average Bonchev–Trinajstić information content (AvgIpc) is 3.38. The molecule has 0 saturated heterocycles. The number of methoxy groups -OCH3 is 1. The minimum absolute atomic E-state index is 0.0365. The zero-order chi connectivity index (χ0) is 23.4. The maximum atomic E-state index is 12.4. The predicted molar refractivity (Wildman–Crippen MR) is 123 cm³/mol. The summed E-state index contributed by atoms with van der Waals surface area (Å²) in [6.45, 7) is 0.234. The van der Waals surface area contributed by atoms with Crippen molar-refractivity contribution in [3.63, 3.8) is 0 Å². The van der Waals surface area contributed by atoms with Crippen LogP contribution in [0.1, 0.15) is 48.8 Å². The molecule has 0 spiro atoms. The highest BCUT2D eigenvalue weighted by Gasteiger charge is 2.34. The van der Waals surface area contributed by atoms with Crippen LogP contribution in [0.5, 0.6) is 5.75 Å². The number of carbonyl (C=O) groups is 4. The van der Waals surface area contributed by atoms with Crippen LogP contribution in [0.3, 0.4) is 0 Å². The van der Waals surface area contributed by atoms with Crippen LogP contribution < -0.4 is 10.1 Å². The number of aromatic nitrogens is 1. The highest BCUT2D eigenvalue weighted by Crippen LogP contribution is 2.24. The van der Waals surface area contributed by atoms with Crippen molar-refractivity contribution in [3.8, 4) is 5.75 Å². The first kappa shape index (κ1) is 22.3. The van der Waals surface area contributed by atoms with Crippen molar-refractivity contribution in [2.75, 3.05) is 19.0 Å². The van der Waals surface area contributed by atoms with Gasteiger partial charge in [0.25, 0.3) is 11.8 Å². The Morgan fingerprint density at radius 1 is 1.00 bits per heavy atom. The molecule has 0 bridgehead atoms. The molecule has 0 unspecified atom stereocenters. The van der Waals surface area contributed by atoms with E-state index in [-0.39, 0.29) is 42.9 Å². The first-order valence-corrected chi connectivity index (χ1v) is 11.1. The largest absolute Gasteiger partial charge is 0.497 e. The van der Waals surface area contributed by atoms with E-state index in [2.05, 4.69) is 10.3 Å². The maximum absolute atomic E-state index is 12.4. The molecule has 0 atom stereocenters. The summed E-state index contributed by atoms with van der Waals surface area (Å²) in [6.07, 6.45) is 2.17. The summed E-state index contributed by atoms with van der Waals surface area (Å²) in [5.41, 5.74) is 1.36. The average molecular weight is 464 g/mol. The van der Waals surface area contributed by atoms with Crippen LogP contribution in [0.4, 0.5) is 5.13 Å². The number of ether oxygens (including phenoxy) is 1. The molecule has 2 heterocycles. The summed E-state index contributed by atoms with van der Waals surface area (Å²) in [7, 11) is 1.55. The smallest absolute Gasteiger partial charge is 0.261 e. The van der Waals surface area contributed by atoms with Gasteiger partial charge >= 0.3 is 0 Å². The molecule has 0 aliphatic carbocycles. The fraction of sp³-hybridized carbons (Fsp3) is 0.208. The molecule has 8 nitrogen and oxygen atoms in total. The SMILES string of the molecule is COc1ccc(C(=O)CCC(=O)Nc2ncc(CCN3C(=O)c4ccccc4C3=O)s2)cc1. The van der Waals surface area contributed by atoms with E-state index in [4.69, 9.17) is 4.74 Å². The number of fused-ring (bicyclic) bond motifs is 1. The van der Waals surface area contributed by atoms with Gasteiger partial charge in [-0.3, -0.25) is 24.1 Å². The molecular weight excluding hydrogens is 442 g/mol. The van der Waals surface area contributed by atoms with Gasteiger partial charge < -0.3 is 10.1 Å². The summed E-state index contributed by atoms with van der Waals surface area (Å²) >= 11 is 1.27. The van der Waals surface area contributed by atoms with E-state index in [1.807, 2.05) is 0 Å². The number of nitrogens with one attached hydrogen (secondary N) is 1. The van der Waals surface area contributed by atoms with Crippen molar-refractivity contribution in [1.82, 2.24) is 9.88 Å². The van der Waals surface area contributed by atoms with Crippen LogP contribution in [-0.2, 0) is 11.2 Å². The third-order valence-electron chi connectivity index (χ3n) is 5.25. The Kier molecular flexibility index (Phi) is 6.60. The number of hydrogen-bond donors (Lipinski definition) is 1. The van der Waals surface area contributed by atoms with E-state index in [0.717, 1.165) is 4.88 Å². The number of imide groups is 1. The number of ketones is 1. The van der Waals surface area contributed by atoms with Gasteiger partial charge in [0.05, 0.1) is 18.2 Å². The van der Waals surface area contributed by atoms with Gasteiger partial charge in [-0.2, -0.15) is 0 Å². The molecule has 2 aromatic carbocycles. The number of carbonyl (C=O) groups excluding carboxylic acids is 4. The molecule has 1 N–H and O–H groups in total. The quantitative estimate of drug-likeness (QED) is 0.384. The van der Waals surface area contributed by atoms with Crippen LogP contribution in [0.2, 0.25) is 0 Å². The monoisotopic (exact) mass is 463 g/mol. The van der Waals surface area contributed by atoms with Gasteiger partial charge in [0.15, 0.2) is 10.9 Å². The van der Waals surface area contributed by atoms with E-state index in [1.54, 1.807) is 61.8 Å². The molecule has 3 aromatic rings. The molecule has 4 rings (SSSR count). The summed E-state index contributed by atoms with van der Waals surface area (Å²) in [5.74, 6) is -0.371. The summed E-state index contributed by atoms with van der Waals surface area (Å²) in [5, 5.41) is 3.11. The third-order valence-corrected chi connectivity index (χ3v) is 6.22. The number of benzene rings is 2. The molecule has 0 saturated carbocycles. The fourth-order valence-electron chi connectivity index (χ4n) is 3.48. The number of amides is 3. The summed E-state index contributed by atoms with van der Waals surface area (Å²) in [4.78, 5) is 55.6. The van der Waals surface area contributed by atoms with Crippen LogP contribution in [-0.4, -0.2) is 47.0 Å². The topological polar surface area (TPSA) is 106 Å². The van der Waals surface area contributed by atoms with Crippen LogP contribution in [0.15, 0.2) is 54.7 Å². The molecule has 3 amide bonds. The van der Waals surface area contributed by atoms with Gasteiger partial charge in [-0.25, -0.2) is 4.98 Å². The lowest BCUT2D eigenvalue weighted by atomic mass is 10.1. The van der Waals surface area contributed by atoms with Crippen molar-refractivity contribution in [1.29, 1.82) is 0 Å². The predicted octanol–water partition coefficient (Wildman–Crippen LogP) is 3.59. The Balaban J connectivity index is 1.25. The van der Waals surface area contributed by atoms with Crippen molar-refractivity contribution in [3.05, 3.63) is 76.3 Å². The third kappa shape index (κ3) is 4.98. The highest BCUT2D eigenvalue weighted by atomic mass is 32.1. The second kappa shape index (κ2) is 9.74. The van der Waals surface area contributed by atoms with Crippen LogP contribution >= 0.6 is 11.3 Å². The number of nitrogens with zero attached hydrogens (tertiary/aromatic N) is 2. The van der Waals surface area contributed by atoms with Gasteiger partial charge in [0.2, 0.25) is 5.91 Å². The van der Waals surface area contributed by atoms with E-state index in [9.17, 15) is 19.2 Å². The summed E-state index contributed by atoms with van der Waals surface area (Å²) < 4.78 is 5.07. The van der Waals surface area contributed by atoms with E-state index >= 15 is 0 Å². The molecule has 1 aromatic heterocycles. The summed E-state index contributed by atoms with van der Waals surface area (Å²) in [6, 6.07) is 13.5. The van der Waals surface area contributed by atoms with Crippen LogP contribution in [0, 0.1) is 0 Å². The minimum atomic E-state index is -0.307. The Morgan fingerprint density at radius 2 is 1.67 bits per heavy atom.